The summed E-state index contributed by atoms with van der Waals surface area (Å²) in [7, 11) is 1.34. The smallest absolute Gasteiger partial charge is 0.0506 e. The van der Waals surface area contributed by atoms with Gasteiger partial charge in [-0.25, -0.2) is 0 Å². The Morgan fingerprint density at radius 1 is 1.41 bits per heavy atom. The van der Waals surface area contributed by atoms with Crippen LogP contribution >= 0.6 is 0 Å². The molecule has 0 aromatic heterocycles. The number of rotatable bonds is 5. The van der Waals surface area contributed by atoms with E-state index in [0.717, 1.165) is 18.6 Å². The molecule has 102 valence electrons. The van der Waals surface area contributed by atoms with Crippen LogP contribution in [0.5, 0.6) is 0 Å². The highest BCUT2D eigenvalue weighted by Crippen LogP contribution is 2.37. The summed E-state index contributed by atoms with van der Waals surface area (Å²) in [5.74, 6) is 1.53. The molecule has 0 aliphatic heterocycles. The fourth-order valence-electron chi connectivity index (χ4n) is 2.63. The zero-order chi connectivity index (χ0) is 13.1. The number of nitrogens with one attached hydrogen (secondary N) is 1. The van der Waals surface area contributed by atoms with Gasteiger partial charge in [0.05, 0.1) is 5.25 Å². The third kappa shape index (κ3) is 4.70. The molecule has 17 heavy (non-hydrogen) atoms. The van der Waals surface area contributed by atoms with Crippen molar-refractivity contribution >= 4 is 10.8 Å². The van der Waals surface area contributed by atoms with Crippen LogP contribution in [0.3, 0.4) is 0 Å². The molecule has 3 atom stereocenters. The molecule has 0 radical (unpaired) electrons. The molecule has 0 bridgehead atoms. The average Bonchev–Trinajstić information content (AvgIpc) is 2.24. The molecule has 3 heteroatoms. The standard InChI is InChI=1S/C14H29NOS/c1-11(2)7-9-17(16)13-10-14(3,4)8-6-12(13)15-5/h11-13,15H,6-10H2,1-5H3. The van der Waals surface area contributed by atoms with Gasteiger partial charge in [0.1, 0.15) is 0 Å². The van der Waals surface area contributed by atoms with Gasteiger partial charge < -0.3 is 5.32 Å². The Bertz CT molecular complexity index is 263. The summed E-state index contributed by atoms with van der Waals surface area (Å²) in [6.45, 7) is 9.03. The number of hydrogen-bond acceptors (Lipinski definition) is 2. The van der Waals surface area contributed by atoms with Gasteiger partial charge in [-0.3, -0.25) is 4.21 Å². The topological polar surface area (TPSA) is 29.1 Å². The lowest BCUT2D eigenvalue weighted by molar-refractivity contribution is 0.216. The third-order valence-electron chi connectivity index (χ3n) is 3.94. The maximum Gasteiger partial charge on any atom is 0.0506 e. The van der Waals surface area contributed by atoms with Gasteiger partial charge in [-0.1, -0.05) is 27.7 Å². The van der Waals surface area contributed by atoms with E-state index in [0.29, 0.717) is 22.6 Å². The monoisotopic (exact) mass is 259 g/mol. The highest BCUT2D eigenvalue weighted by molar-refractivity contribution is 7.85. The lowest BCUT2D eigenvalue weighted by atomic mass is 9.75. The molecule has 0 aromatic carbocycles. The van der Waals surface area contributed by atoms with Crippen LogP contribution in [0.1, 0.15) is 53.4 Å². The van der Waals surface area contributed by atoms with Crippen molar-refractivity contribution in [2.24, 2.45) is 11.3 Å². The molecule has 1 aliphatic rings. The van der Waals surface area contributed by atoms with E-state index in [2.05, 4.69) is 33.0 Å². The van der Waals surface area contributed by atoms with Crippen molar-refractivity contribution in [2.45, 2.75) is 64.7 Å². The van der Waals surface area contributed by atoms with E-state index < -0.39 is 10.8 Å². The molecule has 1 saturated carbocycles. The zero-order valence-electron chi connectivity index (χ0n) is 12.1. The van der Waals surface area contributed by atoms with Gasteiger partial charge in [-0.2, -0.15) is 0 Å². The van der Waals surface area contributed by atoms with Crippen LogP contribution in [0.2, 0.25) is 0 Å². The van der Waals surface area contributed by atoms with Crippen molar-refractivity contribution in [3.8, 4) is 0 Å². The van der Waals surface area contributed by atoms with Gasteiger partial charge >= 0.3 is 0 Å². The molecular weight excluding hydrogens is 230 g/mol. The van der Waals surface area contributed by atoms with E-state index in [9.17, 15) is 4.21 Å². The predicted molar refractivity (Wildman–Crippen MR) is 76.7 cm³/mol. The minimum Gasteiger partial charge on any atom is -0.316 e. The van der Waals surface area contributed by atoms with Crippen molar-refractivity contribution in [1.82, 2.24) is 5.32 Å². The van der Waals surface area contributed by atoms with Gasteiger partial charge in [0.15, 0.2) is 0 Å². The second-order valence-corrected chi connectivity index (χ2v) is 8.38. The van der Waals surface area contributed by atoms with Gasteiger partial charge in [-0.05, 0) is 44.1 Å². The van der Waals surface area contributed by atoms with Crippen molar-refractivity contribution in [2.75, 3.05) is 12.8 Å². The molecule has 0 heterocycles. The molecule has 0 amide bonds. The first-order valence-electron chi connectivity index (χ1n) is 6.90. The Morgan fingerprint density at radius 3 is 2.59 bits per heavy atom. The molecule has 0 saturated heterocycles. The maximum absolute atomic E-state index is 12.4. The quantitative estimate of drug-likeness (QED) is 0.822. The summed E-state index contributed by atoms with van der Waals surface area (Å²) in [4.78, 5) is 0. The first kappa shape index (κ1) is 15.2. The SMILES string of the molecule is CNC1CCC(C)(C)CC1S(=O)CCC(C)C. The molecule has 0 aromatic rings. The highest BCUT2D eigenvalue weighted by atomic mass is 32.2. The van der Waals surface area contributed by atoms with E-state index in [1.165, 1.54) is 12.8 Å². The zero-order valence-corrected chi connectivity index (χ0v) is 12.9. The average molecular weight is 259 g/mol. The normalized spacial score (nSPS) is 30.5. The van der Waals surface area contributed by atoms with Crippen LogP contribution in [-0.4, -0.2) is 28.3 Å². The van der Waals surface area contributed by atoms with Crippen molar-refractivity contribution < 1.29 is 4.21 Å². The largest absolute Gasteiger partial charge is 0.316 e. The van der Waals surface area contributed by atoms with E-state index in [4.69, 9.17) is 0 Å². The highest BCUT2D eigenvalue weighted by Gasteiger charge is 2.37. The van der Waals surface area contributed by atoms with Gasteiger partial charge in [-0.15, -0.1) is 0 Å². The minimum atomic E-state index is -0.666. The van der Waals surface area contributed by atoms with Gasteiger partial charge in [0.25, 0.3) is 0 Å². The van der Waals surface area contributed by atoms with Crippen LogP contribution in [0.25, 0.3) is 0 Å². The fourth-order valence-corrected chi connectivity index (χ4v) is 4.91. The Balaban J connectivity index is 2.60. The second-order valence-electron chi connectivity index (χ2n) is 6.61. The molecule has 0 spiro atoms. The van der Waals surface area contributed by atoms with Crippen LogP contribution in [-0.2, 0) is 10.8 Å². The summed E-state index contributed by atoms with van der Waals surface area (Å²) in [6, 6.07) is 0.455. The van der Waals surface area contributed by atoms with E-state index >= 15 is 0 Å². The fraction of sp³-hybridized carbons (Fsp3) is 1.00. The lowest BCUT2D eigenvalue weighted by Gasteiger charge is -2.40. The van der Waals surface area contributed by atoms with E-state index in [-0.39, 0.29) is 0 Å². The maximum atomic E-state index is 12.4. The summed E-state index contributed by atoms with van der Waals surface area (Å²) in [5.41, 5.74) is 0.367. The van der Waals surface area contributed by atoms with Crippen LogP contribution in [0.15, 0.2) is 0 Å². The van der Waals surface area contributed by atoms with E-state index in [1.54, 1.807) is 0 Å². The molecular formula is C14H29NOS. The molecule has 3 unspecified atom stereocenters. The Labute approximate surface area is 109 Å². The van der Waals surface area contributed by atoms with Gasteiger partial charge in [0, 0.05) is 22.6 Å². The van der Waals surface area contributed by atoms with E-state index in [1.807, 2.05) is 7.05 Å². The second kappa shape index (κ2) is 6.33. The minimum absolute atomic E-state index is 0.350. The van der Waals surface area contributed by atoms with Gasteiger partial charge in [0.2, 0.25) is 0 Å². The first-order chi connectivity index (χ1) is 7.85. The van der Waals surface area contributed by atoms with Crippen molar-refractivity contribution in [1.29, 1.82) is 0 Å². The predicted octanol–water partition coefficient (Wildman–Crippen LogP) is 2.95. The number of hydrogen-bond donors (Lipinski definition) is 1. The first-order valence-corrected chi connectivity index (χ1v) is 8.28. The third-order valence-corrected chi connectivity index (χ3v) is 5.75. The molecule has 1 aliphatic carbocycles. The Hall–Kier alpha value is 0.110. The van der Waals surface area contributed by atoms with Crippen LogP contribution < -0.4 is 5.32 Å². The Kier molecular flexibility index (Phi) is 5.65. The molecule has 1 N–H and O–H groups in total. The summed E-state index contributed by atoms with van der Waals surface area (Å²) in [5, 5.41) is 3.72. The van der Waals surface area contributed by atoms with Crippen molar-refractivity contribution in [3.63, 3.8) is 0 Å². The molecule has 2 nitrogen and oxygen atoms in total. The lowest BCUT2D eigenvalue weighted by Crippen LogP contribution is -2.47. The Morgan fingerprint density at radius 2 is 2.06 bits per heavy atom. The molecule has 1 rings (SSSR count). The summed E-state index contributed by atoms with van der Waals surface area (Å²) < 4.78 is 12.4. The van der Waals surface area contributed by atoms with Crippen LogP contribution in [0.4, 0.5) is 0 Å². The molecule has 1 fully saturated rings. The summed E-state index contributed by atoms with van der Waals surface area (Å²) >= 11 is 0. The van der Waals surface area contributed by atoms with Crippen LogP contribution in [0, 0.1) is 11.3 Å². The van der Waals surface area contributed by atoms with Crippen molar-refractivity contribution in [3.05, 3.63) is 0 Å². The summed E-state index contributed by atoms with van der Waals surface area (Å²) in [6.07, 6.45) is 4.60.